The molecule has 1 atom stereocenters. The first-order valence-corrected chi connectivity index (χ1v) is 9.64. The zero-order valence-electron chi connectivity index (χ0n) is 16.1. The van der Waals surface area contributed by atoms with Crippen molar-refractivity contribution in [3.05, 3.63) is 65.1 Å². The summed E-state index contributed by atoms with van der Waals surface area (Å²) in [4.78, 5) is 14.0. The van der Waals surface area contributed by atoms with Crippen LogP contribution in [0.15, 0.2) is 52.6 Å². The predicted octanol–water partition coefficient (Wildman–Crippen LogP) is 2.94. The van der Waals surface area contributed by atoms with Gasteiger partial charge in [-0.1, -0.05) is 43.4 Å². The second-order valence-corrected chi connectivity index (χ2v) is 7.28. The fraction of sp³-hybridized carbons (Fsp3) is 0.261. The Morgan fingerprint density at radius 3 is 2.79 bits per heavy atom. The summed E-state index contributed by atoms with van der Waals surface area (Å²) >= 11 is 0. The number of furan rings is 1. The summed E-state index contributed by atoms with van der Waals surface area (Å²) in [5.41, 5.74) is 1.76. The molecule has 2 heterocycles. The monoisotopic (exact) mass is 377 g/mol. The summed E-state index contributed by atoms with van der Waals surface area (Å²) in [7, 11) is 2.05. The van der Waals surface area contributed by atoms with E-state index in [4.69, 9.17) is 9.15 Å². The molecular weight excluding hydrogens is 354 g/mol. The van der Waals surface area contributed by atoms with E-state index >= 15 is 0 Å². The lowest BCUT2D eigenvalue weighted by atomic mass is 10.0. The summed E-state index contributed by atoms with van der Waals surface area (Å²) < 4.78 is 11.6. The van der Waals surface area contributed by atoms with Gasteiger partial charge in [0.25, 0.3) is 0 Å². The summed E-state index contributed by atoms with van der Waals surface area (Å²) in [6.07, 6.45) is 3.80. The minimum Gasteiger partial charge on any atom is -0.872 e. The van der Waals surface area contributed by atoms with Gasteiger partial charge < -0.3 is 19.2 Å². The van der Waals surface area contributed by atoms with Gasteiger partial charge in [0.05, 0.1) is 19.2 Å². The van der Waals surface area contributed by atoms with Crippen molar-refractivity contribution in [3.8, 4) is 11.5 Å². The number of carbonyl (C=O) groups excluding carboxylic acids is 1. The van der Waals surface area contributed by atoms with Gasteiger partial charge in [-0.2, -0.15) is 0 Å². The molecule has 2 aromatic carbocycles. The second-order valence-electron chi connectivity index (χ2n) is 7.28. The van der Waals surface area contributed by atoms with Crippen LogP contribution in [-0.4, -0.2) is 19.4 Å². The molecule has 1 aliphatic rings. The van der Waals surface area contributed by atoms with Gasteiger partial charge in [-0.05, 0) is 24.6 Å². The first-order valence-electron chi connectivity index (χ1n) is 9.64. The molecule has 5 heteroatoms. The van der Waals surface area contributed by atoms with Crippen LogP contribution in [0.3, 0.4) is 0 Å². The van der Waals surface area contributed by atoms with Gasteiger partial charge in [-0.3, -0.25) is 4.79 Å². The minimum absolute atomic E-state index is 0.0904. The molecule has 0 radical (unpaired) electrons. The molecule has 1 aromatic heterocycles. The zero-order valence-corrected chi connectivity index (χ0v) is 16.1. The number of quaternary nitrogens is 1. The van der Waals surface area contributed by atoms with Gasteiger partial charge in [0, 0.05) is 17.0 Å². The van der Waals surface area contributed by atoms with Gasteiger partial charge >= 0.3 is 0 Å². The summed E-state index contributed by atoms with van der Waals surface area (Å²) in [6, 6.07) is 12.5. The molecule has 4 rings (SSSR count). The SMILES string of the molecule is CCCC[NH+](C)Cc1c([O-])ccc2c1OC(=Cc1cc3ccccc3o1)C2=O. The summed E-state index contributed by atoms with van der Waals surface area (Å²) in [6.45, 7) is 3.64. The molecule has 28 heavy (non-hydrogen) atoms. The summed E-state index contributed by atoms with van der Waals surface area (Å²) in [5, 5.41) is 13.4. The Hall–Kier alpha value is -3.05. The van der Waals surface area contributed by atoms with Crippen molar-refractivity contribution in [1.29, 1.82) is 0 Å². The van der Waals surface area contributed by atoms with Crippen LogP contribution in [-0.2, 0) is 6.54 Å². The molecule has 1 unspecified atom stereocenters. The van der Waals surface area contributed by atoms with Crippen LogP contribution in [0.5, 0.6) is 11.5 Å². The number of hydrogen-bond donors (Lipinski definition) is 1. The number of fused-ring (bicyclic) bond motifs is 2. The highest BCUT2D eigenvalue weighted by Gasteiger charge is 2.31. The molecule has 0 saturated heterocycles. The lowest BCUT2D eigenvalue weighted by Crippen LogP contribution is -3.07. The number of rotatable bonds is 6. The van der Waals surface area contributed by atoms with Crippen LogP contribution in [0.1, 0.15) is 41.4 Å². The number of Topliss-reactive ketones (excluding diaryl/α,β-unsaturated/α-hetero) is 1. The molecule has 5 nitrogen and oxygen atoms in total. The highest BCUT2D eigenvalue weighted by atomic mass is 16.5. The third kappa shape index (κ3) is 3.41. The molecule has 144 valence electrons. The average molecular weight is 377 g/mol. The second kappa shape index (κ2) is 7.52. The lowest BCUT2D eigenvalue weighted by molar-refractivity contribution is -0.894. The van der Waals surface area contributed by atoms with E-state index in [2.05, 4.69) is 14.0 Å². The first kappa shape index (κ1) is 18.3. The quantitative estimate of drug-likeness (QED) is 0.671. The van der Waals surface area contributed by atoms with E-state index in [1.807, 2.05) is 30.3 Å². The van der Waals surface area contributed by atoms with Gasteiger partial charge in [-0.25, -0.2) is 0 Å². The predicted molar refractivity (Wildman–Crippen MR) is 105 cm³/mol. The minimum atomic E-state index is -0.220. The van der Waals surface area contributed by atoms with Gasteiger partial charge in [-0.15, -0.1) is 0 Å². The third-order valence-electron chi connectivity index (χ3n) is 5.05. The van der Waals surface area contributed by atoms with Gasteiger partial charge in [0.2, 0.25) is 5.78 Å². The van der Waals surface area contributed by atoms with E-state index in [1.165, 1.54) is 11.0 Å². The zero-order chi connectivity index (χ0) is 19.7. The number of ether oxygens (including phenoxy) is 1. The molecular formula is C23H23NO4. The number of para-hydroxylation sites is 1. The highest BCUT2D eigenvalue weighted by Crippen LogP contribution is 2.38. The smallest absolute Gasteiger partial charge is 0.232 e. The largest absolute Gasteiger partial charge is 0.872 e. The van der Waals surface area contributed by atoms with Crippen molar-refractivity contribution in [2.24, 2.45) is 0 Å². The molecule has 0 fully saturated rings. The molecule has 0 saturated carbocycles. The number of hydrogen-bond acceptors (Lipinski definition) is 4. The lowest BCUT2D eigenvalue weighted by Gasteiger charge is -2.20. The van der Waals surface area contributed by atoms with Crippen LogP contribution in [0.4, 0.5) is 0 Å². The van der Waals surface area contributed by atoms with E-state index in [0.29, 0.717) is 29.2 Å². The van der Waals surface area contributed by atoms with Crippen LogP contribution in [0.2, 0.25) is 0 Å². The first-order chi connectivity index (χ1) is 13.6. The van der Waals surface area contributed by atoms with Crippen molar-refractivity contribution >= 4 is 22.8 Å². The van der Waals surface area contributed by atoms with E-state index in [0.717, 1.165) is 30.4 Å². The molecule has 0 spiro atoms. The molecule has 1 aliphatic heterocycles. The Labute approximate surface area is 163 Å². The fourth-order valence-corrected chi connectivity index (χ4v) is 3.53. The Kier molecular flexibility index (Phi) is 4.92. The topological polar surface area (TPSA) is 66.9 Å². The van der Waals surface area contributed by atoms with E-state index in [1.54, 1.807) is 12.1 Å². The van der Waals surface area contributed by atoms with Crippen molar-refractivity contribution in [3.63, 3.8) is 0 Å². The number of nitrogens with one attached hydrogen (secondary N) is 1. The maximum Gasteiger partial charge on any atom is 0.232 e. The van der Waals surface area contributed by atoms with Crippen molar-refractivity contribution in [2.75, 3.05) is 13.6 Å². The maximum absolute atomic E-state index is 12.8. The Bertz CT molecular complexity index is 1030. The molecule has 0 aliphatic carbocycles. The molecule has 0 amide bonds. The normalized spacial score (nSPS) is 15.8. The van der Waals surface area contributed by atoms with Crippen LogP contribution >= 0.6 is 0 Å². The van der Waals surface area contributed by atoms with Gasteiger partial charge in [0.15, 0.2) is 5.76 Å². The molecule has 0 bridgehead atoms. The van der Waals surface area contributed by atoms with Crippen molar-refractivity contribution in [2.45, 2.75) is 26.3 Å². The standard InChI is InChI=1S/C23H23NO4/c1-3-4-11-24(2)14-18-19(25)10-9-17-22(26)21(28-23(17)18)13-16-12-15-7-5-6-8-20(15)27-16/h5-10,12-13,25H,3-4,11,14H2,1-2H3. The number of unbranched alkanes of at least 4 members (excludes halogenated alkanes) is 1. The van der Waals surface area contributed by atoms with E-state index in [9.17, 15) is 9.90 Å². The molecule has 3 aromatic rings. The molecule has 1 N–H and O–H groups in total. The maximum atomic E-state index is 12.8. The number of benzene rings is 2. The summed E-state index contributed by atoms with van der Waals surface area (Å²) in [5.74, 6) is 0.824. The Morgan fingerprint density at radius 1 is 1.18 bits per heavy atom. The number of carbonyl (C=O) groups is 1. The highest BCUT2D eigenvalue weighted by molar-refractivity contribution is 6.14. The van der Waals surface area contributed by atoms with E-state index in [-0.39, 0.29) is 17.3 Å². The number of allylic oxidation sites excluding steroid dienone is 1. The number of ketones is 1. The van der Waals surface area contributed by atoms with Crippen molar-refractivity contribution in [1.82, 2.24) is 0 Å². The van der Waals surface area contributed by atoms with Crippen LogP contribution in [0, 0.1) is 0 Å². The van der Waals surface area contributed by atoms with Crippen LogP contribution in [0.25, 0.3) is 17.0 Å². The fourth-order valence-electron chi connectivity index (χ4n) is 3.53. The Morgan fingerprint density at radius 2 is 2.00 bits per heavy atom. The van der Waals surface area contributed by atoms with E-state index < -0.39 is 0 Å². The Balaban J connectivity index is 1.64. The average Bonchev–Trinajstić information content (AvgIpc) is 3.23. The van der Waals surface area contributed by atoms with Crippen molar-refractivity contribution < 1.29 is 24.0 Å². The third-order valence-corrected chi connectivity index (χ3v) is 5.05. The van der Waals surface area contributed by atoms with Crippen LogP contribution < -0.4 is 14.7 Å². The van der Waals surface area contributed by atoms with Gasteiger partial charge in [0.1, 0.15) is 23.6 Å².